The average molecular weight is 219 g/mol. The number of nitriles is 1. The second-order valence-electron chi connectivity index (χ2n) is 4.08. The number of aliphatic hydroxyl groups excluding tert-OH is 1. The van der Waals surface area contributed by atoms with Crippen molar-refractivity contribution in [2.24, 2.45) is 0 Å². The Balaban J connectivity index is 3.17. The van der Waals surface area contributed by atoms with Crippen molar-refractivity contribution in [2.45, 2.75) is 26.9 Å². The quantitative estimate of drug-likeness (QED) is 0.834. The second-order valence-corrected chi connectivity index (χ2v) is 4.08. The number of rotatable bonds is 3. The van der Waals surface area contributed by atoms with Crippen LogP contribution in [-0.4, -0.2) is 29.8 Å². The summed E-state index contributed by atoms with van der Waals surface area (Å²) in [4.78, 5) is 6.13. The molecule has 0 saturated carbocycles. The molecular formula is C12H17N3O. The molecule has 0 bridgehead atoms. The summed E-state index contributed by atoms with van der Waals surface area (Å²) in [5.41, 5.74) is 3.01. The molecule has 0 spiro atoms. The highest BCUT2D eigenvalue weighted by Crippen LogP contribution is 2.22. The molecule has 0 fully saturated rings. The minimum Gasteiger partial charge on any atom is -0.392 e. The molecule has 1 aromatic heterocycles. The first kappa shape index (κ1) is 12.5. The van der Waals surface area contributed by atoms with E-state index in [4.69, 9.17) is 5.26 Å². The molecule has 0 amide bonds. The molecule has 0 aromatic carbocycles. The summed E-state index contributed by atoms with van der Waals surface area (Å²) >= 11 is 0. The van der Waals surface area contributed by atoms with Gasteiger partial charge in [-0.1, -0.05) is 0 Å². The summed E-state index contributed by atoms with van der Waals surface area (Å²) in [6, 6.07) is 4.03. The van der Waals surface area contributed by atoms with Crippen molar-refractivity contribution in [2.75, 3.05) is 18.5 Å². The lowest BCUT2D eigenvalue weighted by Gasteiger charge is -2.22. The van der Waals surface area contributed by atoms with E-state index in [-0.39, 0.29) is 0 Å². The van der Waals surface area contributed by atoms with Gasteiger partial charge < -0.3 is 10.0 Å². The van der Waals surface area contributed by atoms with Crippen LogP contribution in [0.15, 0.2) is 6.07 Å². The number of hydrogen-bond donors (Lipinski definition) is 1. The normalized spacial score (nSPS) is 12.0. The van der Waals surface area contributed by atoms with Crippen molar-refractivity contribution in [1.29, 1.82) is 5.26 Å². The highest BCUT2D eigenvalue weighted by atomic mass is 16.3. The van der Waals surface area contributed by atoms with Gasteiger partial charge in [0.15, 0.2) is 0 Å². The van der Waals surface area contributed by atoms with E-state index in [2.05, 4.69) is 11.1 Å². The Morgan fingerprint density at radius 2 is 2.19 bits per heavy atom. The van der Waals surface area contributed by atoms with Crippen molar-refractivity contribution in [1.82, 2.24) is 4.98 Å². The highest BCUT2D eigenvalue weighted by Gasteiger charge is 2.13. The Hall–Kier alpha value is -1.60. The van der Waals surface area contributed by atoms with Crippen LogP contribution in [-0.2, 0) is 0 Å². The standard InChI is InChI=1S/C12H17N3O/c1-8-5-12(15(4)7-9(2)16)11(6-13)10(3)14-8/h5,9,16H,7H2,1-4H3. The van der Waals surface area contributed by atoms with Crippen LogP contribution in [0.3, 0.4) is 0 Å². The first-order valence-corrected chi connectivity index (χ1v) is 5.23. The number of likely N-dealkylation sites (N-methyl/N-ethyl adjacent to an activating group) is 1. The Labute approximate surface area is 96.2 Å². The molecule has 4 nitrogen and oxygen atoms in total. The lowest BCUT2D eigenvalue weighted by molar-refractivity contribution is 0.201. The molecule has 1 heterocycles. The van der Waals surface area contributed by atoms with Gasteiger partial charge in [0.2, 0.25) is 0 Å². The largest absolute Gasteiger partial charge is 0.392 e. The van der Waals surface area contributed by atoms with E-state index in [9.17, 15) is 5.11 Å². The number of aliphatic hydroxyl groups is 1. The van der Waals surface area contributed by atoms with E-state index in [0.29, 0.717) is 12.1 Å². The summed E-state index contributed by atoms with van der Waals surface area (Å²) in [5.74, 6) is 0. The minimum atomic E-state index is -0.426. The number of hydrogen-bond acceptors (Lipinski definition) is 4. The van der Waals surface area contributed by atoms with Crippen LogP contribution in [0.4, 0.5) is 5.69 Å². The fraction of sp³-hybridized carbons (Fsp3) is 0.500. The Morgan fingerprint density at radius 1 is 1.56 bits per heavy atom. The molecule has 0 aliphatic carbocycles. The number of pyridine rings is 1. The minimum absolute atomic E-state index is 0.426. The van der Waals surface area contributed by atoms with Crippen LogP contribution >= 0.6 is 0 Å². The van der Waals surface area contributed by atoms with E-state index >= 15 is 0 Å². The van der Waals surface area contributed by atoms with Gasteiger partial charge in [0.1, 0.15) is 6.07 Å². The molecule has 1 aromatic rings. The summed E-state index contributed by atoms with van der Waals surface area (Å²) in [5, 5.41) is 18.4. The van der Waals surface area contributed by atoms with E-state index in [0.717, 1.165) is 17.1 Å². The van der Waals surface area contributed by atoms with Gasteiger partial charge in [-0.2, -0.15) is 5.26 Å². The van der Waals surface area contributed by atoms with Gasteiger partial charge in [0, 0.05) is 19.3 Å². The smallest absolute Gasteiger partial charge is 0.103 e. The van der Waals surface area contributed by atoms with Gasteiger partial charge in [0.05, 0.1) is 23.0 Å². The summed E-state index contributed by atoms with van der Waals surface area (Å²) in [6.45, 7) is 5.94. The molecule has 86 valence electrons. The van der Waals surface area contributed by atoms with Crippen LogP contribution < -0.4 is 4.90 Å². The van der Waals surface area contributed by atoms with Gasteiger partial charge in [0.25, 0.3) is 0 Å². The molecule has 0 aliphatic heterocycles. The van der Waals surface area contributed by atoms with Gasteiger partial charge in [-0.05, 0) is 26.8 Å². The molecule has 16 heavy (non-hydrogen) atoms. The van der Waals surface area contributed by atoms with Crippen molar-refractivity contribution in [3.05, 3.63) is 23.0 Å². The lowest BCUT2D eigenvalue weighted by atomic mass is 10.1. The van der Waals surface area contributed by atoms with Crippen LogP contribution in [0.5, 0.6) is 0 Å². The third-order valence-corrected chi connectivity index (χ3v) is 2.37. The maximum Gasteiger partial charge on any atom is 0.103 e. The zero-order valence-electron chi connectivity index (χ0n) is 10.2. The lowest BCUT2D eigenvalue weighted by Crippen LogP contribution is -2.27. The van der Waals surface area contributed by atoms with Crippen molar-refractivity contribution in [3.8, 4) is 6.07 Å². The van der Waals surface area contributed by atoms with Gasteiger partial charge in [-0.15, -0.1) is 0 Å². The highest BCUT2D eigenvalue weighted by molar-refractivity contribution is 5.61. The number of aromatic nitrogens is 1. The van der Waals surface area contributed by atoms with Gasteiger partial charge in [-0.3, -0.25) is 4.98 Å². The average Bonchev–Trinajstić information content (AvgIpc) is 2.15. The molecule has 1 N–H and O–H groups in total. The van der Waals surface area contributed by atoms with Crippen LogP contribution in [0.2, 0.25) is 0 Å². The van der Waals surface area contributed by atoms with Crippen molar-refractivity contribution >= 4 is 5.69 Å². The van der Waals surface area contributed by atoms with E-state index in [1.807, 2.05) is 31.9 Å². The van der Waals surface area contributed by atoms with E-state index in [1.165, 1.54) is 0 Å². The zero-order valence-corrected chi connectivity index (χ0v) is 10.2. The molecule has 1 unspecified atom stereocenters. The third kappa shape index (κ3) is 2.71. The van der Waals surface area contributed by atoms with Crippen LogP contribution in [0.1, 0.15) is 23.9 Å². The number of anilines is 1. The first-order chi connectivity index (χ1) is 7.45. The predicted octanol–water partition coefficient (Wildman–Crippen LogP) is 1.39. The third-order valence-electron chi connectivity index (χ3n) is 2.37. The van der Waals surface area contributed by atoms with Gasteiger partial charge in [-0.25, -0.2) is 0 Å². The van der Waals surface area contributed by atoms with Crippen LogP contribution in [0.25, 0.3) is 0 Å². The molecule has 1 atom stereocenters. The monoisotopic (exact) mass is 219 g/mol. The van der Waals surface area contributed by atoms with E-state index in [1.54, 1.807) is 6.92 Å². The fourth-order valence-electron chi connectivity index (χ4n) is 1.74. The fourth-order valence-corrected chi connectivity index (χ4v) is 1.74. The first-order valence-electron chi connectivity index (χ1n) is 5.23. The maximum atomic E-state index is 9.35. The Bertz CT molecular complexity index is 421. The molecule has 0 aliphatic rings. The number of aryl methyl sites for hydroxylation is 2. The summed E-state index contributed by atoms with van der Waals surface area (Å²) in [6.07, 6.45) is -0.426. The predicted molar refractivity (Wildman–Crippen MR) is 63.4 cm³/mol. The Morgan fingerprint density at radius 3 is 2.69 bits per heavy atom. The second kappa shape index (κ2) is 4.95. The molecular weight excluding hydrogens is 202 g/mol. The van der Waals surface area contributed by atoms with Crippen molar-refractivity contribution < 1.29 is 5.11 Å². The molecule has 1 rings (SSSR count). The SMILES string of the molecule is Cc1cc(N(C)CC(C)O)c(C#N)c(C)n1. The van der Waals surface area contributed by atoms with E-state index < -0.39 is 6.10 Å². The van der Waals surface area contributed by atoms with Gasteiger partial charge >= 0.3 is 0 Å². The molecule has 0 radical (unpaired) electrons. The molecule has 0 saturated heterocycles. The summed E-state index contributed by atoms with van der Waals surface area (Å²) in [7, 11) is 1.86. The zero-order chi connectivity index (χ0) is 12.3. The van der Waals surface area contributed by atoms with Crippen LogP contribution in [0, 0.1) is 25.2 Å². The van der Waals surface area contributed by atoms with Crippen molar-refractivity contribution in [3.63, 3.8) is 0 Å². The number of nitrogens with zero attached hydrogens (tertiary/aromatic N) is 3. The maximum absolute atomic E-state index is 9.35. The summed E-state index contributed by atoms with van der Waals surface area (Å²) < 4.78 is 0. The Kier molecular flexibility index (Phi) is 3.86. The molecule has 4 heteroatoms. The topological polar surface area (TPSA) is 60.1 Å².